The Morgan fingerprint density at radius 2 is 1.89 bits per heavy atom. The Kier molecular flexibility index (Phi) is 7.37. The lowest BCUT2D eigenvalue weighted by atomic mass is 10.0. The summed E-state index contributed by atoms with van der Waals surface area (Å²) < 4.78 is 6.20. The second-order valence-electron chi connectivity index (χ2n) is 10.3. The molecule has 3 heterocycles. The second kappa shape index (κ2) is 10.9. The Bertz CT molecular complexity index is 1340. The number of hydrogen-bond donors (Lipinski definition) is 1. The molecule has 2 aliphatic heterocycles. The first-order valence-corrected chi connectivity index (χ1v) is 13.2. The fourth-order valence-electron chi connectivity index (χ4n) is 5.44. The molecule has 1 amide bonds. The van der Waals surface area contributed by atoms with Gasteiger partial charge >= 0.3 is 6.01 Å². The number of rotatable bonds is 7. The predicted molar refractivity (Wildman–Crippen MR) is 150 cm³/mol. The van der Waals surface area contributed by atoms with Crippen LogP contribution >= 0.6 is 0 Å². The molecule has 1 atom stereocenters. The highest BCUT2D eigenvalue weighted by molar-refractivity contribution is 5.95. The number of aromatic hydroxyl groups is 1. The molecule has 2 aromatic carbocycles. The summed E-state index contributed by atoms with van der Waals surface area (Å²) >= 11 is 0. The van der Waals surface area contributed by atoms with Gasteiger partial charge in [0.05, 0.1) is 12.2 Å². The maximum absolute atomic E-state index is 12.1. The van der Waals surface area contributed by atoms with Crippen molar-refractivity contribution < 1.29 is 14.6 Å². The number of carbonyl (C=O) groups is 1. The molecule has 1 saturated heterocycles. The fraction of sp³-hybridized carbons (Fsp3) is 0.414. The van der Waals surface area contributed by atoms with E-state index in [4.69, 9.17) is 14.7 Å². The minimum atomic E-state index is -0.0762. The number of phenolic OH excluding ortho intramolecular Hbond substituents is 1. The molecule has 1 fully saturated rings. The number of fused-ring (bicyclic) bond motifs is 2. The topological polar surface area (TPSA) is 85.3 Å². The van der Waals surface area contributed by atoms with Crippen LogP contribution in [0.3, 0.4) is 0 Å². The molecule has 2 aliphatic rings. The number of amides is 1. The van der Waals surface area contributed by atoms with Crippen LogP contribution in [0.4, 0.5) is 11.5 Å². The van der Waals surface area contributed by atoms with E-state index >= 15 is 0 Å². The molecule has 9 nitrogen and oxygen atoms in total. The van der Waals surface area contributed by atoms with Gasteiger partial charge in [-0.1, -0.05) is 30.8 Å². The first kappa shape index (κ1) is 25.8. The van der Waals surface area contributed by atoms with Crippen molar-refractivity contribution in [3.8, 4) is 11.8 Å². The highest BCUT2D eigenvalue weighted by Gasteiger charge is 2.29. The summed E-state index contributed by atoms with van der Waals surface area (Å²) in [7, 11) is 4.03. The van der Waals surface area contributed by atoms with Crippen LogP contribution in [-0.4, -0.2) is 90.2 Å². The molecule has 3 aromatic rings. The molecule has 0 aliphatic carbocycles. The van der Waals surface area contributed by atoms with Gasteiger partial charge in [0.2, 0.25) is 5.91 Å². The van der Waals surface area contributed by atoms with Crippen molar-refractivity contribution >= 4 is 28.2 Å². The van der Waals surface area contributed by atoms with Crippen LogP contribution in [0.15, 0.2) is 49.1 Å². The lowest BCUT2D eigenvalue weighted by Crippen LogP contribution is -2.49. The van der Waals surface area contributed by atoms with Gasteiger partial charge in [0.15, 0.2) is 0 Å². The van der Waals surface area contributed by atoms with Gasteiger partial charge in [-0.05, 0) is 45.0 Å². The Morgan fingerprint density at radius 3 is 2.63 bits per heavy atom. The van der Waals surface area contributed by atoms with E-state index in [9.17, 15) is 9.90 Å². The molecule has 0 radical (unpaired) electrons. The van der Waals surface area contributed by atoms with Gasteiger partial charge in [0.1, 0.15) is 17.7 Å². The molecule has 0 saturated carbocycles. The number of nitrogens with zero attached hydrogens (tertiary/aromatic N) is 6. The van der Waals surface area contributed by atoms with E-state index in [0.29, 0.717) is 38.7 Å². The normalized spacial score (nSPS) is 16.5. The van der Waals surface area contributed by atoms with Crippen molar-refractivity contribution in [2.45, 2.75) is 26.0 Å². The number of benzene rings is 2. The minimum Gasteiger partial charge on any atom is -0.508 e. The van der Waals surface area contributed by atoms with Crippen molar-refractivity contribution in [2.75, 3.05) is 63.2 Å². The number of likely N-dealkylation sites (N-methyl/N-ethyl adjacent to an activating group) is 1. The first-order valence-electron chi connectivity index (χ1n) is 13.2. The predicted octanol–water partition coefficient (Wildman–Crippen LogP) is 3.06. The van der Waals surface area contributed by atoms with Crippen LogP contribution in [0, 0.1) is 0 Å². The van der Waals surface area contributed by atoms with Crippen LogP contribution in [0.1, 0.15) is 18.2 Å². The average molecular weight is 517 g/mol. The van der Waals surface area contributed by atoms with E-state index in [1.807, 2.05) is 50.2 Å². The van der Waals surface area contributed by atoms with E-state index in [1.54, 1.807) is 6.07 Å². The summed E-state index contributed by atoms with van der Waals surface area (Å²) in [5.74, 6) is 1.11. The number of piperazine rings is 1. The number of carbonyl (C=O) groups excluding carboxylic acids is 1. The van der Waals surface area contributed by atoms with Crippen LogP contribution in [0.5, 0.6) is 11.8 Å². The van der Waals surface area contributed by atoms with Crippen molar-refractivity contribution in [1.29, 1.82) is 0 Å². The van der Waals surface area contributed by atoms with Crippen LogP contribution < -0.4 is 14.5 Å². The molecule has 0 spiro atoms. The standard InChI is InChI=1S/C29H36N6O3/c1-5-27(37)33-12-14-34(15-13-33)28-24-10-11-35(26-17-22(36)16-21-8-6-7-9-23(21)26)19-25(24)30-29(31-28)38-20(2)18-32(3)4/h5-9,16-17,20,36H,1,10-15,18-19H2,2-4H3/t20-/m1/s1. The average Bonchev–Trinajstić information content (AvgIpc) is 2.91. The van der Waals surface area contributed by atoms with Gasteiger partial charge in [-0.25, -0.2) is 0 Å². The number of anilines is 2. The largest absolute Gasteiger partial charge is 0.508 e. The number of ether oxygens (including phenoxy) is 1. The molecular formula is C29H36N6O3. The van der Waals surface area contributed by atoms with E-state index in [0.717, 1.165) is 53.0 Å². The Morgan fingerprint density at radius 1 is 1.13 bits per heavy atom. The maximum atomic E-state index is 12.1. The van der Waals surface area contributed by atoms with Crippen LogP contribution in [-0.2, 0) is 17.8 Å². The maximum Gasteiger partial charge on any atom is 0.318 e. The number of aromatic nitrogens is 2. The van der Waals surface area contributed by atoms with E-state index in [-0.39, 0.29) is 17.8 Å². The van der Waals surface area contributed by atoms with E-state index in [1.165, 1.54) is 6.08 Å². The van der Waals surface area contributed by atoms with Crippen molar-refractivity contribution in [3.63, 3.8) is 0 Å². The quantitative estimate of drug-likeness (QED) is 0.480. The summed E-state index contributed by atoms with van der Waals surface area (Å²) in [5, 5.41) is 12.5. The summed E-state index contributed by atoms with van der Waals surface area (Å²) in [6.45, 7) is 10.4. The van der Waals surface area contributed by atoms with Gasteiger partial charge in [0, 0.05) is 62.0 Å². The lowest BCUT2D eigenvalue weighted by Gasteiger charge is -2.38. The van der Waals surface area contributed by atoms with Crippen LogP contribution in [0.2, 0.25) is 0 Å². The molecule has 1 aromatic heterocycles. The zero-order valence-electron chi connectivity index (χ0n) is 22.4. The summed E-state index contributed by atoms with van der Waals surface area (Å²) in [4.78, 5) is 30.3. The molecule has 200 valence electrons. The Hall–Kier alpha value is -3.85. The third-order valence-corrected chi connectivity index (χ3v) is 7.18. The van der Waals surface area contributed by atoms with E-state index in [2.05, 4.69) is 27.3 Å². The van der Waals surface area contributed by atoms with Crippen LogP contribution in [0.25, 0.3) is 10.8 Å². The molecule has 0 bridgehead atoms. The van der Waals surface area contributed by atoms with Gasteiger partial charge in [-0.15, -0.1) is 0 Å². The molecular weight excluding hydrogens is 480 g/mol. The Labute approximate surface area is 223 Å². The molecule has 5 rings (SSSR count). The first-order chi connectivity index (χ1) is 18.3. The molecule has 0 unspecified atom stereocenters. The number of phenols is 1. The summed E-state index contributed by atoms with van der Waals surface area (Å²) in [6.07, 6.45) is 2.07. The summed E-state index contributed by atoms with van der Waals surface area (Å²) in [5.41, 5.74) is 3.05. The highest BCUT2D eigenvalue weighted by atomic mass is 16.5. The van der Waals surface area contributed by atoms with Crippen molar-refractivity contribution in [3.05, 3.63) is 60.3 Å². The summed E-state index contributed by atoms with van der Waals surface area (Å²) in [6, 6.07) is 12.1. The van der Waals surface area contributed by atoms with E-state index < -0.39 is 0 Å². The Balaban J connectivity index is 1.48. The highest BCUT2D eigenvalue weighted by Crippen LogP contribution is 2.36. The number of hydrogen-bond acceptors (Lipinski definition) is 8. The zero-order chi connectivity index (χ0) is 26.8. The fourth-order valence-corrected chi connectivity index (χ4v) is 5.44. The second-order valence-corrected chi connectivity index (χ2v) is 10.3. The van der Waals surface area contributed by atoms with Gasteiger partial charge < -0.3 is 29.4 Å². The minimum absolute atomic E-state index is 0.0371. The SMILES string of the molecule is C=CC(=O)N1CCN(c2nc(O[C@H](C)CN(C)C)nc3c2CCN(c2cc(O)cc4ccccc24)C3)CC1. The van der Waals surface area contributed by atoms with Crippen molar-refractivity contribution in [1.82, 2.24) is 19.8 Å². The van der Waals surface area contributed by atoms with Gasteiger partial charge in [-0.2, -0.15) is 9.97 Å². The monoisotopic (exact) mass is 516 g/mol. The third-order valence-electron chi connectivity index (χ3n) is 7.18. The van der Waals surface area contributed by atoms with Gasteiger partial charge in [-0.3, -0.25) is 4.79 Å². The third kappa shape index (κ3) is 5.38. The van der Waals surface area contributed by atoms with Gasteiger partial charge in [0.25, 0.3) is 0 Å². The van der Waals surface area contributed by atoms with Crippen molar-refractivity contribution in [2.24, 2.45) is 0 Å². The zero-order valence-corrected chi connectivity index (χ0v) is 22.4. The molecule has 38 heavy (non-hydrogen) atoms. The lowest BCUT2D eigenvalue weighted by molar-refractivity contribution is -0.126. The smallest absolute Gasteiger partial charge is 0.318 e. The molecule has 9 heteroatoms. The molecule has 1 N–H and O–H groups in total.